The number of imidazole rings is 1. The molecule has 0 aliphatic heterocycles. The highest BCUT2D eigenvalue weighted by molar-refractivity contribution is 14.1. The van der Waals surface area contributed by atoms with E-state index in [1.807, 2.05) is 22.6 Å². The van der Waals surface area contributed by atoms with Crippen molar-refractivity contribution in [2.75, 3.05) is 0 Å². The molecule has 0 unspecified atom stereocenters. The molecule has 0 aliphatic carbocycles. The Morgan fingerprint density at radius 2 is 2.24 bits per heavy atom. The number of rotatable bonds is 3. The number of halogens is 3. The van der Waals surface area contributed by atoms with Gasteiger partial charge in [0.05, 0.1) is 6.20 Å². The van der Waals surface area contributed by atoms with Crippen molar-refractivity contribution in [2.45, 2.75) is 13.1 Å². The minimum absolute atomic E-state index is 0.0763. The molecule has 2 aromatic heterocycles. The highest BCUT2D eigenvalue weighted by Crippen LogP contribution is 2.12. The van der Waals surface area contributed by atoms with Crippen LogP contribution < -0.4 is 5.56 Å². The summed E-state index contributed by atoms with van der Waals surface area (Å²) in [7, 11) is 0. The third-order valence-electron chi connectivity index (χ3n) is 2.09. The molecule has 0 aromatic carbocycles. The Hall–Kier alpha value is -1.32. The zero-order valence-corrected chi connectivity index (χ0v) is 10.6. The van der Waals surface area contributed by atoms with Gasteiger partial charge in [0.2, 0.25) is 0 Å². The van der Waals surface area contributed by atoms with Gasteiger partial charge >= 0.3 is 6.55 Å². The maximum absolute atomic E-state index is 12.5. The quantitative estimate of drug-likeness (QED) is 0.787. The van der Waals surface area contributed by atoms with Gasteiger partial charge in [0.15, 0.2) is 0 Å². The molecule has 2 aromatic rings. The molecule has 2 heterocycles. The largest absolute Gasteiger partial charge is 0.319 e. The molecule has 5 nitrogen and oxygen atoms in total. The van der Waals surface area contributed by atoms with Gasteiger partial charge in [-0.1, -0.05) is 0 Å². The number of aromatic nitrogens is 4. The van der Waals surface area contributed by atoms with Crippen molar-refractivity contribution in [2.24, 2.45) is 0 Å². The van der Waals surface area contributed by atoms with Crippen LogP contribution in [0.2, 0.25) is 0 Å². The molecule has 0 atom stereocenters. The smallest absolute Gasteiger partial charge is 0.276 e. The van der Waals surface area contributed by atoms with Crippen LogP contribution in [0.15, 0.2) is 29.5 Å². The molecular weight excluding hydrogens is 345 g/mol. The number of hydrogen-bond acceptors (Lipinski definition) is 3. The molecule has 2 rings (SSSR count). The van der Waals surface area contributed by atoms with Gasteiger partial charge in [-0.25, -0.2) is 9.67 Å². The van der Waals surface area contributed by atoms with Crippen LogP contribution in [0.3, 0.4) is 0 Å². The molecule has 0 saturated carbocycles. The summed E-state index contributed by atoms with van der Waals surface area (Å²) >= 11 is 1.95. The molecule has 0 bridgehead atoms. The predicted octanol–water partition coefficient (Wildman–Crippen LogP) is 1.49. The topological polar surface area (TPSA) is 52.7 Å². The first kappa shape index (κ1) is 12.1. The summed E-state index contributed by atoms with van der Waals surface area (Å²) in [6, 6.07) is 1.38. The fourth-order valence-electron chi connectivity index (χ4n) is 1.31. The van der Waals surface area contributed by atoms with Gasteiger partial charge in [-0.2, -0.15) is 13.9 Å². The average molecular weight is 352 g/mol. The predicted molar refractivity (Wildman–Crippen MR) is 63.8 cm³/mol. The highest BCUT2D eigenvalue weighted by atomic mass is 127. The first-order chi connectivity index (χ1) is 8.08. The average Bonchev–Trinajstić information content (AvgIpc) is 2.70. The minimum atomic E-state index is -2.67. The van der Waals surface area contributed by atoms with E-state index in [-0.39, 0.29) is 17.9 Å². The summed E-state index contributed by atoms with van der Waals surface area (Å²) in [4.78, 5) is 15.3. The van der Waals surface area contributed by atoms with E-state index in [4.69, 9.17) is 0 Å². The first-order valence-electron chi connectivity index (χ1n) is 4.60. The van der Waals surface area contributed by atoms with Crippen LogP contribution in [0, 0.1) is 3.57 Å². The van der Waals surface area contributed by atoms with Crippen LogP contribution in [0.4, 0.5) is 8.78 Å². The molecular formula is C9H7F2IN4O. The fourth-order valence-corrected chi connectivity index (χ4v) is 1.70. The Morgan fingerprint density at radius 1 is 1.47 bits per heavy atom. The van der Waals surface area contributed by atoms with Gasteiger partial charge in [-0.15, -0.1) is 0 Å². The zero-order valence-electron chi connectivity index (χ0n) is 8.42. The molecule has 0 N–H and O–H groups in total. The van der Waals surface area contributed by atoms with E-state index >= 15 is 0 Å². The van der Waals surface area contributed by atoms with E-state index in [1.54, 1.807) is 0 Å². The van der Waals surface area contributed by atoms with Crippen molar-refractivity contribution in [3.05, 3.63) is 44.4 Å². The van der Waals surface area contributed by atoms with Crippen molar-refractivity contribution in [3.8, 4) is 0 Å². The summed E-state index contributed by atoms with van der Waals surface area (Å²) in [6.45, 7) is -2.75. The molecule has 0 radical (unpaired) electrons. The second kappa shape index (κ2) is 4.90. The summed E-state index contributed by atoms with van der Waals surface area (Å²) < 4.78 is 27.6. The Morgan fingerprint density at radius 3 is 2.88 bits per heavy atom. The Labute approximate surface area is 108 Å². The first-order valence-corrected chi connectivity index (χ1v) is 5.68. The van der Waals surface area contributed by atoms with Crippen LogP contribution in [-0.2, 0) is 6.54 Å². The maximum atomic E-state index is 12.5. The van der Waals surface area contributed by atoms with E-state index in [0.29, 0.717) is 8.14 Å². The lowest BCUT2D eigenvalue weighted by Gasteiger charge is -2.07. The maximum Gasteiger partial charge on any atom is 0.319 e. The van der Waals surface area contributed by atoms with Crippen molar-refractivity contribution in [1.29, 1.82) is 0 Å². The molecule has 17 heavy (non-hydrogen) atoms. The molecule has 8 heteroatoms. The third-order valence-corrected chi connectivity index (χ3v) is 2.68. The van der Waals surface area contributed by atoms with Crippen molar-refractivity contribution in [1.82, 2.24) is 19.3 Å². The lowest BCUT2D eigenvalue weighted by atomic mass is 10.5. The van der Waals surface area contributed by atoms with E-state index in [2.05, 4.69) is 10.1 Å². The van der Waals surface area contributed by atoms with E-state index in [1.165, 1.54) is 18.5 Å². The van der Waals surface area contributed by atoms with Crippen LogP contribution in [0.1, 0.15) is 12.4 Å². The summed E-state index contributed by atoms with van der Waals surface area (Å²) in [5.41, 5.74) is -0.347. The normalized spacial score (nSPS) is 11.1. The number of alkyl halides is 2. The number of hydrogen-bond donors (Lipinski definition) is 0. The molecule has 0 aliphatic rings. The fraction of sp³-hybridized carbons (Fsp3) is 0.222. The van der Waals surface area contributed by atoms with Crippen molar-refractivity contribution >= 4 is 22.6 Å². The van der Waals surface area contributed by atoms with Crippen LogP contribution >= 0.6 is 22.6 Å². The molecule has 0 spiro atoms. The lowest BCUT2D eigenvalue weighted by molar-refractivity contribution is 0.0665. The van der Waals surface area contributed by atoms with Gasteiger partial charge in [0, 0.05) is 22.0 Å². The van der Waals surface area contributed by atoms with Gasteiger partial charge in [-0.3, -0.25) is 9.36 Å². The van der Waals surface area contributed by atoms with Gasteiger partial charge in [0.25, 0.3) is 5.56 Å². The molecule has 0 fully saturated rings. The Kier molecular flexibility index (Phi) is 3.50. The zero-order chi connectivity index (χ0) is 12.4. The van der Waals surface area contributed by atoms with Crippen LogP contribution in [0.25, 0.3) is 0 Å². The van der Waals surface area contributed by atoms with E-state index in [0.717, 1.165) is 10.9 Å². The molecule has 0 saturated heterocycles. The number of nitrogens with zero attached hydrogens (tertiary/aromatic N) is 4. The Bertz CT molecular complexity index is 580. The van der Waals surface area contributed by atoms with E-state index in [9.17, 15) is 13.6 Å². The molecule has 0 amide bonds. The van der Waals surface area contributed by atoms with E-state index < -0.39 is 6.55 Å². The second-order valence-electron chi connectivity index (χ2n) is 3.20. The van der Waals surface area contributed by atoms with Crippen molar-refractivity contribution < 1.29 is 8.78 Å². The highest BCUT2D eigenvalue weighted by Gasteiger charge is 2.12. The molecule has 90 valence electrons. The van der Waals surface area contributed by atoms with Crippen LogP contribution in [-0.4, -0.2) is 19.3 Å². The van der Waals surface area contributed by atoms with Gasteiger partial charge in [0.1, 0.15) is 12.4 Å². The minimum Gasteiger partial charge on any atom is -0.276 e. The lowest BCUT2D eigenvalue weighted by Crippen LogP contribution is -2.24. The summed E-state index contributed by atoms with van der Waals surface area (Å²) in [6.07, 6.45) is 3.91. The third kappa shape index (κ3) is 2.68. The van der Waals surface area contributed by atoms with Crippen molar-refractivity contribution in [3.63, 3.8) is 0 Å². The standard InChI is InChI=1S/C9H7F2IN4O/c10-9(11)15-2-1-13-7(15)5-16-8(17)3-6(12)4-14-16/h1-4,9H,5H2. The SMILES string of the molecule is O=c1cc(I)cnn1Cc1nccn1C(F)F. The van der Waals surface area contributed by atoms with Gasteiger partial charge < -0.3 is 0 Å². The second-order valence-corrected chi connectivity index (χ2v) is 4.44. The summed E-state index contributed by atoms with van der Waals surface area (Å²) in [5.74, 6) is 0.0933. The monoisotopic (exact) mass is 352 g/mol. The Balaban J connectivity index is 2.32. The van der Waals surface area contributed by atoms with Crippen LogP contribution in [0.5, 0.6) is 0 Å². The van der Waals surface area contributed by atoms with Gasteiger partial charge in [-0.05, 0) is 22.6 Å². The summed E-state index contributed by atoms with van der Waals surface area (Å²) in [5, 5.41) is 3.85.